The zero-order valence-corrected chi connectivity index (χ0v) is 8.23. The van der Waals surface area contributed by atoms with E-state index in [2.05, 4.69) is 11.9 Å². The highest BCUT2D eigenvalue weighted by Crippen LogP contribution is 2.48. The Hall–Kier alpha value is -0.270. The summed E-state index contributed by atoms with van der Waals surface area (Å²) in [5.74, 6) is 1.30. The van der Waals surface area contributed by atoms with Crippen LogP contribution in [-0.2, 0) is 0 Å². The molecule has 0 bridgehead atoms. The van der Waals surface area contributed by atoms with Crippen LogP contribution in [0.25, 0.3) is 0 Å². The molecule has 1 aromatic rings. The van der Waals surface area contributed by atoms with Crippen molar-refractivity contribution in [3.05, 3.63) is 28.0 Å². The molecule has 2 atom stereocenters. The van der Waals surface area contributed by atoms with Crippen molar-refractivity contribution < 1.29 is 0 Å². The third-order valence-corrected chi connectivity index (χ3v) is 2.81. The van der Waals surface area contributed by atoms with Gasteiger partial charge in [-0.05, 0) is 18.4 Å². The van der Waals surface area contributed by atoms with Crippen molar-refractivity contribution in [2.75, 3.05) is 0 Å². The zero-order valence-electron chi connectivity index (χ0n) is 6.72. The fourth-order valence-electron chi connectivity index (χ4n) is 1.40. The number of hydrogen-bond donors (Lipinski definition) is 0. The summed E-state index contributed by atoms with van der Waals surface area (Å²) in [6.07, 6.45) is 2.86. The lowest BCUT2D eigenvalue weighted by atomic mass is 10.2. The van der Waals surface area contributed by atoms with Crippen LogP contribution in [0.15, 0.2) is 12.3 Å². The van der Waals surface area contributed by atoms with Crippen LogP contribution in [0.3, 0.4) is 0 Å². The highest BCUT2D eigenvalue weighted by Gasteiger charge is 2.36. The Kier molecular flexibility index (Phi) is 2.01. The third kappa shape index (κ3) is 1.44. The summed E-state index contributed by atoms with van der Waals surface area (Å²) in [4.78, 5) is 4.23. The molecule has 0 N–H and O–H groups in total. The van der Waals surface area contributed by atoms with E-state index in [4.69, 9.17) is 23.2 Å². The summed E-state index contributed by atoms with van der Waals surface area (Å²) < 4.78 is 0. The van der Waals surface area contributed by atoms with Gasteiger partial charge in [0.05, 0.1) is 15.7 Å². The smallest absolute Gasteiger partial charge is 0.0639 e. The monoisotopic (exact) mass is 201 g/mol. The van der Waals surface area contributed by atoms with Gasteiger partial charge in [0.2, 0.25) is 0 Å². The number of pyridine rings is 1. The van der Waals surface area contributed by atoms with E-state index in [-0.39, 0.29) is 0 Å². The maximum atomic E-state index is 5.98. The Balaban J connectivity index is 2.33. The lowest BCUT2D eigenvalue weighted by Crippen LogP contribution is -1.88. The van der Waals surface area contributed by atoms with Crippen molar-refractivity contribution in [1.82, 2.24) is 4.98 Å². The number of aromatic nitrogens is 1. The van der Waals surface area contributed by atoms with Crippen molar-refractivity contribution in [2.45, 2.75) is 19.3 Å². The maximum absolute atomic E-state index is 5.98. The fourth-order valence-corrected chi connectivity index (χ4v) is 1.92. The molecule has 1 saturated carbocycles. The quantitative estimate of drug-likeness (QED) is 0.678. The highest BCUT2D eigenvalue weighted by molar-refractivity contribution is 6.34. The molecule has 0 amide bonds. The van der Waals surface area contributed by atoms with E-state index in [1.54, 1.807) is 12.3 Å². The van der Waals surface area contributed by atoms with Crippen LogP contribution in [0.4, 0.5) is 0 Å². The van der Waals surface area contributed by atoms with Crippen LogP contribution in [0.2, 0.25) is 10.0 Å². The van der Waals surface area contributed by atoms with Gasteiger partial charge in [-0.1, -0.05) is 30.1 Å². The van der Waals surface area contributed by atoms with E-state index in [1.807, 2.05) is 0 Å². The van der Waals surface area contributed by atoms with Crippen LogP contribution in [-0.4, -0.2) is 4.98 Å². The van der Waals surface area contributed by atoms with E-state index in [1.165, 1.54) is 6.42 Å². The maximum Gasteiger partial charge on any atom is 0.0639 e. The van der Waals surface area contributed by atoms with E-state index < -0.39 is 0 Å². The van der Waals surface area contributed by atoms with Gasteiger partial charge in [0, 0.05) is 12.1 Å². The summed E-state index contributed by atoms with van der Waals surface area (Å²) in [7, 11) is 0. The zero-order chi connectivity index (χ0) is 8.72. The Bertz CT molecular complexity index is 311. The van der Waals surface area contributed by atoms with Gasteiger partial charge < -0.3 is 0 Å². The Morgan fingerprint density at radius 3 is 2.67 bits per heavy atom. The largest absolute Gasteiger partial charge is 0.258 e. The summed E-state index contributed by atoms with van der Waals surface area (Å²) >= 11 is 11.7. The molecule has 1 nitrogen and oxygen atoms in total. The van der Waals surface area contributed by atoms with Gasteiger partial charge in [-0.3, -0.25) is 4.98 Å². The minimum atomic E-state index is 0.565. The van der Waals surface area contributed by atoms with Crippen LogP contribution in [0.1, 0.15) is 25.0 Å². The van der Waals surface area contributed by atoms with E-state index in [0.29, 0.717) is 16.0 Å². The van der Waals surface area contributed by atoms with Gasteiger partial charge in [-0.15, -0.1) is 0 Å². The summed E-state index contributed by atoms with van der Waals surface area (Å²) in [6, 6.07) is 1.76. The minimum absolute atomic E-state index is 0.565. The fraction of sp³-hybridized carbons (Fsp3) is 0.444. The normalized spacial score (nSPS) is 27.2. The lowest BCUT2D eigenvalue weighted by Gasteiger charge is -2.00. The minimum Gasteiger partial charge on any atom is -0.258 e. The number of nitrogens with zero attached hydrogens (tertiary/aromatic N) is 1. The molecule has 0 saturated heterocycles. The second kappa shape index (κ2) is 2.90. The molecular formula is C9H9Cl2N. The second-order valence-electron chi connectivity index (χ2n) is 3.34. The second-order valence-corrected chi connectivity index (χ2v) is 4.18. The molecule has 1 aromatic heterocycles. The Morgan fingerprint density at radius 1 is 1.50 bits per heavy atom. The SMILES string of the molecule is CC1CC1c1ncc(Cl)cc1Cl. The number of halogens is 2. The van der Waals surface area contributed by atoms with Gasteiger partial charge in [0.15, 0.2) is 0 Å². The van der Waals surface area contributed by atoms with Crippen molar-refractivity contribution >= 4 is 23.2 Å². The Labute approximate surface area is 81.7 Å². The highest BCUT2D eigenvalue weighted by atomic mass is 35.5. The molecule has 0 aliphatic heterocycles. The molecule has 12 heavy (non-hydrogen) atoms. The topological polar surface area (TPSA) is 12.9 Å². The molecule has 0 spiro atoms. The van der Waals surface area contributed by atoms with E-state index in [0.717, 1.165) is 11.6 Å². The van der Waals surface area contributed by atoms with Gasteiger partial charge in [-0.25, -0.2) is 0 Å². The standard InChI is InChI=1S/C9H9Cl2N/c1-5-2-7(5)9-8(11)3-6(10)4-12-9/h3-5,7H,2H2,1H3. The molecule has 1 fully saturated rings. The first-order chi connectivity index (χ1) is 5.68. The summed E-state index contributed by atoms with van der Waals surface area (Å²) in [6.45, 7) is 2.21. The molecule has 0 aromatic carbocycles. The molecule has 0 radical (unpaired) electrons. The number of rotatable bonds is 1. The van der Waals surface area contributed by atoms with Crippen LogP contribution in [0, 0.1) is 5.92 Å². The number of hydrogen-bond acceptors (Lipinski definition) is 1. The first kappa shape index (κ1) is 8.33. The molecule has 3 heteroatoms. The predicted octanol–water partition coefficient (Wildman–Crippen LogP) is 3.51. The van der Waals surface area contributed by atoms with Crippen molar-refractivity contribution in [1.29, 1.82) is 0 Å². The average Bonchev–Trinajstić information content (AvgIpc) is 2.66. The first-order valence-corrected chi connectivity index (χ1v) is 4.75. The average molecular weight is 202 g/mol. The molecule has 2 rings (SSSR count). The molecule has 64 valence electrons. The van der Waals surface area contributed by atoms with Gasteiger partial charge in [0.25, 0.3) is 0 Å². The molecule has 1 aliphatic carbocycles. The van der Waals surface area contributed by atoms with Crippen LogP contribution in [0.5, 0.6) is 0 Å². The van der Waals surface area contributed by atoms with E-state index >= 15 is 0 Å². The van der Waals surface area contributed by atoms with Crippen molar-refractivity contribution in [3.63, 3.8) is 0 Å². The van der Waals surface area contributed by atoms with Crippen LogP contribution >= 0.6 is 23.2 Å². The molecule has 1 aliphatic rings. The summed E-state index contributed by atoms with van der Waals surface area (Å²) in [5, 5.41) is 1.31. The first-order valence-electron chi connectivity index (χ1n) is 3.99. The third-order valence-electron chi connectivity index (χ3n) is 2.30. The van der Waals surface area contributed by atoms with Gasteiger partial charge in [0.1, 0.15) is 0 Å². The summed E-state index contributed by atoms with van der Waals surface area (Å²) in [5.41, 5.74) is 1.01. The van der Waals surface area contributed by atoms with E-state index in [9.17, 15) is 0 Å². The van der Waals surface area contributed by atoms with Gasteiger partial charge in [-0.2, -0.15) is 0 Å². The van der Waals surface area contributed by atoms with Crippen molar-refractivity contribution in [2.24, 2.45) is 5.92 Å². The molecular weight excluding hydrogens is 193 g/mol. The predicted molar refractivity (Wildman–Crippen MR) is 50.8 cm³/mol. The van der Waals surface area contributed by atoms with Crippen LogP contribution < -0.4 is 0 Å². The van der Waals surface area contributed by atoms with Crippen molar-refractivity contribution in [3.8, 4) is 0 Å². The molecule has 1 heterocycles. The molecule has 2 unspecified atom stereocenters. The Morgan fingerprint density at radius 2 is 2.17 bits per heavy atom. The lowest BCUT2D eigenvalue weighted by molar-refractivity contribution is 0.885. The van der Waals surface area contributed by atoms with Gasteiger partial charge >= 0.3 is 0 Å².